The van der Waals surface area contributed by atoms with E-state index < -0.39 is 0 Å². The molecule has 0 N–H and O–H groups in total. The third-order valence-electron chi connectivity index (χ3n) is 3.32. The zero-order chi connectivity index (χ0) is 12.3. The molecule has 0 nitrogen and oxygen atoms in total. The second kappa shape index (κ2) is 5.18. The standard InChI is InChI=1S/C17H20/c1-4-5-6-7-8-16-14(3)12-15-10-9-13(2)11-17(15)16/h4-7,9-11H,8,12H2,1-3H3/b5-4-,7-6-. The van der Waals surface area contributed by atoms with E-state index in [0.717, 1.165) is 12.8 Å². The van der Waals surface area contributed by atoms with Gasteiger partial charge in [0.15, 0.2) is 0 Å². The van der Waals surface area contributed by atoms with Crippen LogP contribution in [0.3, 0.4) is 0 Å². The maximum atomic E-state index is 2.32. The van der Waals surface area contributed by atoms with Gasteiger partial charge in [0.05, 0.1) is 0 Å². The lowest BCUT2D eigenvalue weighted by Gasteiger charge is -2.05. The fourth-order valence-electron chi connectivity index (χ4n) is 2.41. The van der Waals surface area contributed by atoms with Crippen molar-refractivity contribution in [2.75, 3.05) is 0 Å². The summed E-state index contributed by atoms with van der Waals surface area (Å²) in [4.78, 5) is 0. The summed E-state index contributed by atoms with van der Waals surface area (Å²) in [5.74, 6) is 0. The highest BCUT2D eigenvalue weighted by Crippen LogP contribution is 2.35. The molecule has 0 aliphatic heterocycles. The maximum Gasteiger partial charge on any atom is -0.00577 e. The van der Waals surface area contributed by atoms with Crippen LogP contribution in [-0.2, 0) is 6.42 Å². The van der Waals surface area contributed by atoms with Crippen molar-refractivity contribution in [1.29, 1.82) is 0 Å². The molecule has 1 aliphatic rings. The number of rotatable bonds is 3. The summed E-state index contributed by atoms with van der Waals surface area (Å²) in [5.41, 5.74) is 7.35. The minimum Gasteiger partial charge on any atom is -0.0877 e. The zero-order valence-corrected chi connectivity index (χ0v) is 11.0. The number of benzene rings is 1. The van der Waals surface area contributed by atoms with Gasteiger partial charge in [0, 0.05) is 0 Å². The molecule has 17 heavy (non-hydrogen) atoms. The number of hydrogen-bond acceptors (Lipinski definition) is 0. The quantitative estimate of drug-likeness (QED) is 0.644. The van der Waals surface area contributed by atoms with Crippen molar-refractivity contribution in [3.05, 3.63) is 64.8 Å². The van der Waals surface area contributed by atoms with E-state index in [1.807, 2.05) is 6.92 Å². The Labute approximate surface area is 104 Å². The molecule has 0 saturated heterocycles. The van der Waals surface area contributed by atoms with Crippen LogP contribution >= 0.6 is 0 Å². The topological polar surface area (TPSA) is 0 Å². The van der Waals surface area contributed by atoms with Gasteiger partial charge in [0.2, 0.25) is 0 Å². The lowest BCUT2D eigenvalue weighted by atomic mass is 10.0. The van der Waals surface area contributed by atoms with Gasteiger partial charge in [-0.3, -0.25) is 0 Å². The first-order chi connectivity index (χ1) is 8.22. The predicted octanol–water partition coefficient (Wildman–Crippen LogP) is 4.85. The monoisotopic (exact) mass is 224 g/mol. The Balaban J connectivity index is 2.24. The van der Waals surface area contributed by atoms with Crippen LogP contribution in [0.2, 0.25) is 0 Å². The van der Waals surface area contributed by atoms with Crippen LogP contribution in [0.25, 0.3) is 5.57 Å². The molecule has 0 heterocycles. The molecule has 0 unspecified atom stereocenters. The van der Waals surface area contributed by atoms with Crippen LogP contribution in [0.15, 0.2) is 48.1 Å². The van der Waals surface area contributed by atoms with E-state index in [2.05, 4.69) is 56.4 Å². The first-order valence-corrected chi connectivity index (χ1v) is 6.28. The highest BCUT2D eigenvalue weighted by atomic mass is 14.2. The van der Waals surface area contributed by atoms with Crippen molar-refractivity contribution in [3.63, 3.8) is 0 Å². The Bertz CT molecular complexity index is 499. The second-order valence-electron chi connectivity index (χ2n) is 4.75. The van der Waals surface area contributed by atoms with Gasteiger partial charge in [-0.25, -0.2) is 0 Å². The number of aryl methyl sites for hydroxylation is 1. The third kappa shape index (κ3) is 2.58. The van der Waals surface area contributed by atoms with Crippen LogP contribution in [0.5, 0.6) is 0 Å². The molecule has 0 bridgehead atoms. The molecular weight excluding hydrogens is 204 g/mol. The molecule has 88 valence electrons. The number of fused-ring (bicyclic) bond motifs is 1. The molecule has 0 aromatic heterocycles. The van der Waals surface area contributed by atoms with Crippen LogP contribution < -0.4 is 0 Å². The first-order valence-electron chi connectivity index (χ1n) is 6.28. The summed E-state index contributed by atoms with van der Waals surface area (Å²) in [6.45, 7) is 6.47. The lowest BCUT2D eigenvalue weighted by molar-refractivity contribution is 1.18. The fraction of sp³-hybridized carbons (Fsp3) is 0.294. The molecule has 0 radical (unpaired) electrons. The Morgan fingerprint density at radius 3 is 2.76 bits per heavy atom. The van der Waals surface area contributed by atoms with E-state index in [4.69, 9.17) is 0 Å². The largest absolute Gasteiger partial charge is 0.0877 e. The van der Waals surface area contributed by atoms with E-state index in [-0.39, 0.29) is 0 Å². The van der Waals surface area contributed by atoms with Crippen molar-refractivity contribution >= 4 is 5.57 Å². The van der Waals surface area contributed by atoms with Gasteiger partial charge in [-0.05, 0) is 50.3 Å². The third-order valence-corrected chi connectivity index (χ3v) is 3.32. The average molecular weight is 224 g/mol. The van der Waals surface area contributed by atoms with Crippen molar-refractivity contribution in [1.82, 2.24) is 0 Å². The second-order valence-corrected chi connectivity index (χ2v) is 4.75. The summed E-state index contributed by atoms with van der Waals surface area (Å²) < 4.78 is 0. The van der Waals surface area contributed by atoms with E-state index in [1.165, 1.54) is 27.8 Å². The molecule has 2 rings (SSSR count). The molecule has 1 aromatic carbocycles. The fourth-order valence-corrected chi connectivity index (χ4v) is 2.41. The summed E-state index contributed by atoms with van der Waals surface area (Å²) in [7, 11) is 0. The molecule has 0 fully saturated rings. The van der Waals surface area contributed by atoms with Crippen molar-refractivity contribution in [2.45, 2.75) is 33.6 Å². The van der Waals surface area contributed by atoms with Gasteiger partial charge in [-0.2, -0.15) is 0 Å². The molecule has 0 saturated carbocycles. The van der Waals surface area contributed by atoms with Gasteiger partial charge >= 0.3 is 0 Å². The minimum absolute atomic E-state index is 1.05. The van der Waals surface area contributed by atoms with E-state index in [1.54, 1.807) is 0 Å². The van der Waals surface area contributed by atoms with Gasteiger partial charge in [0.25, 0.3) is 0 Å². The van der Waals surface area contributed by atoms with Crippen molar-refractivity contribution in [3.8, 4) is 0 Å². The van der Waals surface area contributed by atoms with E-state index in [9.17, 15) is 0 Å². The molecule has 0 heteroatoms. The van der Waals surface area contributed by atoms with Crippen LogP contribution in [0, 0.1) is 6.92 Å². The number of hydrogen-bond donors (Lipinski definition) is 0. The molecular formula is C17H20. The summed E-state index contributed by atoms with van der Waals surface area (Å²) >= 11 is 0. The van der Waals surface area contributed by atoms with Crippen LogP contribution in [0.4, 0.5) is 0 Å². The molecule has 0 amide bonds. The average Bonchev–Trinajstić information content (AvgIpc) is 2.61. The first kappa shape index (κ1) is 11.9. The van der Waals surface area contributed by atoms with Crippen molar-refractivity contribution < 1.29 is 0 Å². The van der Waals surface area contributed by atoms with Gasteiger partial charge in [-0.1, -0.05) is 53.6 Å². The van der Waals surface area contributed by atoms with Crippen LogP contribution in [-0.4, -0.2) is 0 Å². The highest BCUT2D eigenvalue weighted by molar-refractivity contribution is 5.77. The van der Waals surface area contributed by atoms with Gasteiger partial charge in [0.1, 0.15) is 0 Å². The molecule has 1 aliphatic carbocycles. The highest BCUT2D eigenvalue weighted by Gasteiger charge is 2.17. The predicted molar refractivity (Wildman–Crippen MR) is 76.0 cm³/mol. The van der Waals surface area contributed by atoms with Crippen molar-refractivity contribution in [2.24, 2.45) is 0 Å². The van der Waals surface area contributed by atoms with E-state index >= 15 is 0 Å². The summed E-state index contributed by atoms with van der Waals surface area (Å²) in [5, 5.41) is 0. The molecule has 0 atom stereocenters. The molecule has 1 aromatic rings. The Morgan fingerprint density at radius 2 is 2.00 bits per heavy atom. The minimum atomic E-state index is 1.05. The normalized spacial score (nSPS) is 15.2. The smallest absolute Gasteiger partial charge is 0.00577 e. The summed E-state index contributed by atoms with van der Waals surface area (Å²) in [6.07, 6.45) is 10.7. The van der Waals surface area contributed by atoms with E-state index in [0.29, 0.717) is 0 Å². The molecule has 0 spiro atoms. The Kier molecular flexibility index (Phi) is 3.63. The van der Waals surface area contributed by atoms with Gasteiger partial charge < -0.3 is 0 Å². The maximum absolute atomic E-state index is 2.32. The Hall–Kier alpha value is -1.56. The zero-order valence-electron chi connectivity index (χ0n) is 11.0. The lowest BCUT2D eigenvalue weighted by Crippen LogP contribution is -1.85. The Morgan fingerprint density at radius 1 is 1.18 bits per heavy atom. The summed E-state index contributed by atoms with van der Waals surface area (Å²) in [6, 6.07) is 6.81. The van der Waals surface area contributed by atoms with Crippen LogP contribution in [0.1, 0.15) is 37.0 Å². The van der Waals surface area contributed by atoms with Gasteiger partial charge in [-0.15, -0.1) is 0 Å². The number of allylic oxidation sites excluding steroid dienone is 6. The SMILES string of the molecule is C/C=C\C=C/CC1=C(C)Cc2ccc(C)cc21.